The molecule has 6 atom stereocenters. The minimum atomic E-state index is -3.55. The zero-order chi connectivity index (χ0) is 22.2. The van der Waals surface area contributed by atoms with Gasteiger partial charge in [-0.15, -0.1) is 0 Å². The fourth-order valence-electron chi connectivity index (χ4n) is 5.72. The highest BCUT2D eigenvalue weighted by Crippen LogP contribution is 2.35. The summed E-state index contributed by atoms with van der Waals surface area (Å²) >= 11 is 0. The van der Waals surface area contributed by atoms with Crippen LogP contribution in [0.4, 0.5) is 8.78 Å². The number of hydrazine groups is 2. The molecule has 0 bridgehead atoms. The molecule has 4 rings (SSSR count). The van der Waals surface area contributed by atoms with E-state index in [1.807, 2.05) is 12.1 Å². The van der Waals surface area contributed by atoms with E-state index in [9.17, 15) is 17.2 Å². The summed E-state index contributed by atoms with van der Waals surface area (Å²) in [6.07, 6.45) is 3.24. The first-order valence-electron chi connectivity index (χ1n) is 11.3. The van der Waals surface area contributed by atoms with Crippen molar-refractivity contribution in [2.24, 2.45) is 11.8 Å². The van der Waals surface area contributed by atoms with Crippen LogP contribution in [0.2, 0.25) is 0 Å². The van der Waals surface area contributed by atoms with Gasteiger partial charge in [-0.05, 0) is 38.1 Å². The Bertz CT molecular complexity index is 727. The van der Waals surface area contributed by atoms with Crippen LogP contribution in [0, 0.1) is 11.8 Å². The normalized spacial score (nSPS) is 38.5. The summed E-state index contributed by atoms with van der Waals surface area (Å²) < 4.78 is 62.7. The Labute approximate surface area is 183 Å². The molecule has 4 fully saturated rings. The summed E-state index contributed by atoms with van der Waals surface area (Å²) in [5, 5.41) is 6.47. The largest absolute Gasteiger partial charge is 0.378 e. The molecular weight excluding hydrogens is 430 g/mol. The van der Waals surface area contributed by atoms with E-state index in [0.717, 1.165) is 25.8 Å². The Morgan fingerprint density at radius 1 is 1.19 bits per heavy atom. The molecule has 4 N–H and O–H groups in total. The highest BCUT2D eigenvalue weighted by molar-refractivity contribution is 7.90. The molecule has 3 saturated heterocycles. The van der Waals surface area contributed by atoms with Gasteiger partial charge in [0.15, 0.2) is 0 Å². The summed E-state index contributed by atoms with van der Waals surface area (Å²) in [5.74, 6) is -3.22. The molecule has 3 aliphatic heterocycles. The Hall–Kier alpha value is -0.470. The van der Waals surface area contributed by atoms with Gasteiger partial charge in [0.2, 0.25) is 10.0 Å². The van der Waals surface area contributed by atoms with Crippen molar-refractivity contribution in [3.8, 4) is 0 Å². The van der Waals surface area contributed by atoms with Gasteiger partial charge in [-0.1, -0.05) is 6.42 Å². The molecule has 3 heterocycles. The van der Waals surface area contributed by atoms with Crippen LogP contribution in [-0.4, -0.2) is 94.8 Å². The van der Waals surface area contributed by atoms with Gasteiger partial charge in [-0.25, -0.2) is 31.9 Å². The first kappa shape index (κ1) is 23.7. The van der Waals surface area contributed by atoms with Crippen molar-refractivity contribution in [2.75, 3.05) is 46.9 Å². The van der Waals surface area contributed by atoms with Gasteiger partial charge >= 0.3 is 0 Å². The summed E-state index contributed by atoms with van der Waals surface area (Å²) in [6, 6.07) is 0.0560. The van der Waals surface area contributed by atoms with Gasteiger partial charge in [-0.3, -0.25) is 10.9 Å². The molecule has 180 valence electrons. The fraction of sp³-hybridized carbons (Fsp3) is 1.00. The van der Waals surface area contributed by atoms with Gasteiger partial charge in [0.05, 0.1) is 6.17 Å². The van der Waals surface area contributed by atoms with Gasteiger partial charge < -0.3 is 10.1 Å². The van der Waals surface area contributed by atoms with Crippen molar-refractivity contribution < 1.29 is 21.9 Å². The van der Waals surface area contributed by atoms with Gasteiger partial charge in [-0.2, -0.15) is 0 Å². The number of hydrogen-bond donors (Lipinski definition) is 4. The molecule has 0 aromatic heterocycles. The second kappa shape index (κ2) is 9.41. The van der Waals surface area contributed by atoms with Crippen molar-refractivity contribution in [2.45, 2.75) is 61.5 Å². The van der Waals surface area contributed by atoms with Crippen LogP contribution in [-0.2, 0) is 14.8 Å². The molecule has 1 saturated carbocycles. The third-order valence-corrected chi connectivity index (χ3v) is 9.23. The summed E-state index contributed by atoms with van der Waals surface area (Å²) in [6.45, 7) is 1.31. The number of alkyl halides is 2. The lowest BCUT2D eigenvalue weighted by molar-refractivity contribution is -0.125. The van der Waals surface area contributed by atoms with E-state index < -0.39 is 33.7 Å². The quantitative estimate of drug-likeness (QED) is 0.406. The molecule has 31 heavy (non-hydrogen) atoms. The zero-order valence-electron chi connectivity index (χ0n) is 18.3. The van der Waals surface area contributed by atoms with E-state index in [2.05, 4.69) is 20.9 Å². The Kier molecular flexibility index (Phi) is 7.19. The predicted molar refractivity (Wildman–Crippen MR) is 113 cm³/mol. The molecule has 6 unspecified atom stereocenters. The molecule has 4 aliphatic rings. The van der Waals surface area contributed by atoms with Gasteiger partial charge in [0.1, 0.15) is 11.9 Å². The van der Waals surface area contributed by atoms with E-state index in [1.165, 1.54) is 7.11 Å². The number of halogens is 2. The van der Waals surface area contributed by atoms with E-state index in [0.29, 0.717) is 18.9 Å². The Morgan fingerprint density at radius 3 is 2.77 bits per heavy atom. The molecule has 0 spiro atoms. The highest BCUT2D eigenvalue weighted by atomic mass is 32.2. The standard InChI is InChI=1S/C19H36F2N6O3S/c1-26-18-13(9-23-26)4-3-5-16(18)25-31(28,29)15-10-24-27(11-15)17-8-14(6-7-22-17)19(20,21)12-30-2/h13-18,22-25H,3-12H2,1-2H3. The number of methoxy groups -OCH3 is 1. The fourth-order valence-corrected chi connectivity index (χ4v) is 7.24. The zero-order valence-corrected chi connectivity index (χ0v) is 19.1. The van der Waals surface area contributed by atoms with Crippen molar-refractivity contribution >= 4 is 10.0 Å². The lowest BCUT2D eigenvalue weighted by Gasteiger charge is -2.38. The van der Waals surface area contributed by atoms with Crippen LogP contribution in [0.15, 0.2) is 0 Å². The number of nitrogens with one attached hydrogen (secondary N) is 4. The van der Waals surface area contributed by atoms with Gasteiger partial charge in [0, 0.05) is 51.8 Å². The van der Waals surface area contributed by atoms with Crippen molar-refractivity contribution in [1.29, 1.82) is 0 Å². The van der Waals surface area contributed by atoms with E-state index in [4.69, 9.17) is 4.74 Å². The highest BCUT2D eigenvalue weighted by Gasteiger charge is 2.46. The van der Waals surface area contributed by atoms with Crippen LogP contribution < -0.4 is 20.9 Å². The topological polar surface area (TPSA) is 98.0 Å². The lowest BCUT2D eigenvalue weighted by Crippen LogP contribution is -2.56. The molecule has 0 amide bonds. The SMILES string of the molecule is COCC(F)(F)C1CCNC(N2CC(S(=O)(=O)NC3CCCC4CNN(C)C43)CN2)C1. The smallest absolute Gasteiger partial charge is 0.273 e. The molecule has 1 aliphatic carbocycles. The lowest BCUT2D eigenvalue weighted by atomic mass is 9.82. The number of piperidine rings is 1. The summed E-state index contributed by atoms with van der Waals surface area (Å²) in [5.41, 5.74) is 6.45. The van der Waals surface area contributed by atoms with Crippen LogP contribution in [0.3, 0.4) is 0 Å². The number of fused-ring (bicyclic) bond motifs is 1. The molecule has 9 nitrogen and oxygen atoms in total. The molecule has 0 radical (unpaired) electrons. The maximum atomic E-state index is 14.3. The van der Waals surface area contributed by atoms with Crippen LogP contribution in [0.1, 0.15) is 32.1 Å². The van der Waals surface area contributed by atoms with E-state index in [1.54, 1.807) is 5.01 Å². The number of rotatable bonds is 7. The minimum absolute atomic E-state index is 0.109. The number of likely N-dealkylation sites (N-methyl/N-ethyl adjacent to an activating group) is 1. The number of ether oxygens (including phenoxy) is 1. The van der Waals surface area contributed by atoms with Crippen molar-refractivity contribution in [1.82, 2.24) is 30.9 Å². The minimum Gasteiger partial charge on any atom is -0.378 e. The van der Waals surface area contributed by atoms with Crippen LogP contribution in [0.25, 0.3) is 0 Å². The second-order valence-electron chi connectivity index (χ2n) is 9.45. The van der Waals surface area contributed by atoms with E-state index in [-0.39, 0.29) is 37.8 Å². The van der Waals surface area contributed by atoms with Gasteiger partial charge in [0.25, 0.3) is 5.92 Å². The monoisotopic (exact) mass is 466 g/mol. The number of nitrogens with zero attached hydrogens (tertiary/aromatic N) is 2. The summed E-state index contributed by atoms with van der Waals surface area (Å²) in [4.78, 5) is 0. The number of hydrogen-bond acceptors (Lipinski definition) is 8. The molecular formula is C19H36F2N6O3S. The molecule has 0 aromatic carbocycles. The first-order chi connectivity index (χ1) is 14.7. The molecule has 0 aromatic rings. The third-order valence-electron chi connectivity index (χ3n) is 7.40. The maximum Gasteiger partial charge on any atom is 0.273 e. The Morgan fingerprint density at radius 2 is 2.00 bits per heavy atom. The average molecular weight is 467 g/mol. The first-order valence-corrected chi connectivity index (χ1v) is 12.8. The van der Waals surface area contributed by atoms with Crippen molar-refractivity contribution in [3.05, 3.63) is 0 Å². The van der Waals surface area contributed by atoms with Crippen LogP contribution >= 0.6 is 0 Å². The average Bonchev–Trinajstić information content (AvgIpc) is 3.37. The summed E-state index contributed by atoms with van der Waals surface area (Å²) in [7, 11) is -0.293. The maximum absolute atomic E-state index is 14.3. The second-order valence-corrected chi connectivity index (χ2v) is 11.4. The third kappa shape index (κ3) is 5.06. The predicted octanol–water partition coefficient (Wildman–Crippen LogP) is -0.311. The van der Waals surface area contributed by atoms with Crippen LogP contribution in [0.5, 0.6) is 0 Å². The number of sulfonamides is 1. The van der Waals surface area contributed by atoms with Crippen molar-refractivity contribution in [3.63, 3.8) is 0 Å². The molecule has 12 heteroatoms. The Balaban J connectivity index is 1.35. The van der Waals surface area contributed by atoms with E-state index >= 15 is 0 Å².